The molecule has 2 aromatic carbocycles. The second-order valence-electron chi connectivity index (χ2n) is 7.27. The molecule has 0 aliphatic carbocycles. The number of amides is 2. The maximum atomic E-state index is 14.6. The SMILES string of the molecule is CC1(C)OB(c2ccc(NC(=O)Nc3ccccc3)cc2F)OC1(C)C. The van der Waals surface area contributed by atoms with Gasteiger partial charge in [-0.25, -0.2) is 9.18 Å². The molecule has 0 bridgehead atoms. The molecule has 3 rings (SSSR count). The highest BCUT2D eigenvalue weighted by molar-refractivity contribution is 6.62. The van der Waals surface area contributed by atoms with E-state index in [-0.39, 0.29) is 0 Å². The first kappa shape index (κ1) is 18.4. The van der Waals surface area contributed by atoms with E-state index < -0.39 is 30.2 Å². The Balaban J connectivity index is 1.69. The van der Waals surface area contributed by atoms with Gasteiger partial charge in [-0.1, -0.05) is 24.3 Å². The molecule has 5 nitrogen and oxygen atoms in total. The van der Waals surface area contributed by atoms with Gasteiger partial charge in [-0.3, -0.25) is 0 Å². The van der Waals surface area contributed by atoms with Crippen molar-refractivity contribution >= 4 is 30.0 Å². The van der Waals surface area contributed by atoms with E-state index in [4.69, 9.17) is 9.31 Å². The first-order valence-electron chi connectivity index (χ1n) is 8.46. The molecule has 1 saturated heterocycles. The van der Waals surface area contributed by atoms with E-state index in [0.29, 0.717) is 16.8 Å². The van der Waals surface area contributed by atoms with Gasteiger partial charge in [0.05, 0.1) is 11.2 Å². The van der Waals surface area contributed by atoms with E-state index in [1.807, 2.05) is 45.9 Å². The molecule has 2 aromatic rings. The molecule has 0 aromatic heterocycles. The Morgan fingerprint density at radius 2 is 1.50 bits per heavy atom. The molecule has 0 spiro atoms. The van der Waals surface area contributed by atoms with Crippen LogP contribution in [0, 0.1) is 5.82 Å². The molecule has 0 unspecified atom stereocenters. The summed E-state index contributed by atoms with van der Waals surface area (Å²) >= 11 is 0. The van der Waals surface area contributed by atoms with E-state index in [1.54, 1.807) is 24.3 Å². The summed E-state index contributed by atoms with van der Waals surface area (Å²) in [5, 5.41) is 5.29. The van der Waals surface area contributed by atoms with Gasteiger partial charge in [0.15, 0.2) is 0 Å². The first-order chi connectivity index (χ1) is 12.2. The van der Waals surface area contributed by atoms with Gasteiger partial charge < -0.3 is 19.9 Å². The van der Waals surface area contributed by atoms with Crippen molar-refractivity contribution < 1.29 is 18.5 Å². The van der Waals surface area contributed by atoms with Crippen molar-refractivity contribution in [1.29, 1.82) is 0 Å². The molecule has 0 radical (unpaired) electrons. The van der Waals surface area contributed by atoms with Crippen molar-refractivity contribution in [2.24, 2.45) is 0 Å². The summed E-state index contributed by atoms with van der Waals surface area (Å²) in [6.45, 7) is 7.65. The largest absolute Gasteiger partial charge is 0.497 e. The molecule has 136 valence electrons. The molecular weight excluding hydrogens is 334 g/mol. The number of anilines is 2. The van der Waals surface area contributed by atoms with Crippen LogP contribution in [-0.2, 0) is 9.31 Å². The fourth-order valence-corrected chi connectivity index (χ4v) is 2.58. The predicted molar refractivity (Wildman–Crippen MR) is 101 cm³/mol. The van der Waals surface area contributed by atoms with E-state index in [0.717, 1.165) is 0 Å². The predicted octanol–water partition coefficient (Wildman–Crippen LogP) is 3.77. The Bertz CT molecular complexity index is 796. The summed E-state index contributed by atoms with van der Waals surface area (Å²) in [7, 11) is -0.785. The second-order valence-corrected chi connectivity index (χ2v) is 7.27. The van der Waals surface area contributed by atoms with Gasteiger partial charge in [0, 0.05) is 16.8 Å². The van der Waals surface area contributed by atoms with Crippen LogP contribution in [0.5, 0.6) is 0 Å². The van der Waals surface area contributed by atoms with Gasteiger partial charge in [0.1, 0.15) is 5.82 Å². The number of carbonyl (C=O) groups excluding carboxylic acids is 1. The molecule has 1 aliphatic heterocycles. The van der Waals surface area contributed by atoms with Gasteiger partial charge in [-0.05, 0) is 52.0 Å². The number of urea groups is 1. The summed E-state index contributed by atoms with van der Waals surface area (Å²) < 4.78 is 26.3. The third-order valence-electron chi connectivity index (χ3n) is 4.80. The lowest BCUT2D eigenvalue weighted by molar-refractivity contribution is 0.00578. The molecule has 2 N–H and O–H groups in total. The van der Waals surface area contributed by atoms with Crippen molar-refractivity contribution in [1.82, 2.24) is 0 Å². The quantitative estimate of drug-likeness (QED) is 0.823. The molecule has 26 heavy (non-hydrogen) atoms. The Morgan fingerprint density at radius 1 is 0.923 bits per heavy atom. The minimum Gasteiger partial charge on any atom is -0.399 e. The fraction of sp³-hybridized carbons (Fsp3) is 0.316. The maximum absolute atomic E-state index is 14.6. The van der Waals surface area contributed by atoms with Gasteiger partial charge in [0.25, 0.3) is 0 Å². The summed E-state index contributed by atoms with van der Waals surface area (Å²) in [5.74, 6) is -0.499. The summed E-state index contributed by atoms with van der Waals surface area (Å²) in [5.41, 5.74) is 0.209. The van der Waals surface area contributed by atoms with E-state index in [2.05, 4.69) is 10.6 Å². The number of benzene rings is 2. The molecule has 1 aliphatic rings. The third-order valence-corrected chi connectivity index (χ3v) is 4.80. The minimum absolute atomic E-state index is 0.303. The highest BCUT2D eigenvalue weighted by atomic mass is 19.1. The van der Waals surface area contributed by atoms with Crippen molar-refractivity contribution in [2.45, 2.75) is 38.9 Å². The average molecular weight is 356 g/mol. The number of hydrogen-bond donors (Lipinski definition) is 2. The smallest absolute Gasteiger partial charge is 0.399 e. The lowest BCUT2D eigenvalue weighted by Crippen LogP contribution is -2.41. The summed E-state index contributed by atoms with van der Waals surface area (Å²) in [6, 6.07) is 13.0. The molecular formula is C19H22BFN2O3. The molecule has 0 saturated carbocycles. The van der Waals surface area contributed by atoms with Crippen molar-refractivity contribution in [3.63, 3.8) is 0 Å². The number of rotatable bonds is 3. The second kappa shape index (κ2) is 6.74. The van der Waals surface area contributed by atoms with Crippen LogP contribution in [0.4, 0.5) is 20.6 Å². The summed E-state index contributed by atoms with van der Waals surface area (Å²) in [4.78, 5) is 12.0. The van der Waals surface area contributed by atoms with Crippen molar-refractivity contribution in [3.05, 3.63) is 54.3 Å². The van der Waals surface area contributed by atoms with Crippen LogP contribution in [0.1, 0.15) is 27.7 Å². The average Bonchev–Trinajstić information content (AvgIpc) is 2.76. The van der Waals surface area contributed by atoms with Gasteiger partial charge >= 0.3 is 13.1 Å². The number of hydrogen-bond acceptors (Lipinski definition) is 3. The Labute approximate surface area is 153 Å². The van der Waals surface area contributed by atoms with Crippen LogP contribution in [0.25, 0.3) is 0 Å². The van der Waals surface area contributed by atoms with Crippen LogP contribution in [0.2, 0.25) is 0 Å². The van der Waals surface area contributed by atoms with Crippen LogP contribution < -0.4 is 16.1 Å². The highest BCUT2D eigenvalue weighted by Crippen LogP contribution is 2.36. The van der Waals surface area contributed by atoms with Crippen molar-refractivity contribution in [3.8, 4) is 0 Å². The zero-order valence-corrected chi connectivity index (χ0v) is 15.3. The molecule has 7 heteroatoms. The first-order valence-corrected chi connectivity index (χ1v) is 8.46. The zero-order valence-electron chi connectivity index (χ0n) is 15.3. The van der Waals surface area contributed by atoms with E-state index in [1.165, 1.54) is 6.07 Å². The number of para-hydroxylation sites is 1. The lowest BCUT2D eigenvalue weighted by Gasteiger charge is -2.32. The van der Waals surface area contributed by atoms with Crippen LogP contribution >= 0.6 is 0 Å². The molecule has 1 heterocycles. The molecule has 2 amide bonds. The van der Waals surface area contributed by atoms with Crippen LogP contribution in [0.3, 0.4) is 0 Å². The standard InChI is InChI=1S/C19H22BFN2O3/c1-18(2)19(3,4)26-20(25-18)15-11-10-14(12-16(15)21)23-17(24)22-13-8-6-5-7-9-13/h5-12H,1-4H3,(H2,22,23,24). The summed E-state index contributed by atoms with van der Waals surface area (Å²) in [6.07, 6.45) is 0. The maximum Gasteiger partial charge on any atom is 0.497 e. The molecule has 0 atom stereocenters. The van der Waals surface area contributed by atoms with Crippen molar-refractivity contribution in [2.75, 3.05) is 10.6 Å². The number of halogens is 1. The van der Waals surface area contributed by atoms with Crippen LogP contribution in [0.15, 0.2) is 48.5 Å². The Hall–Kier alpha value is -2.38. The fourth-order valence-electron chi connectivity index (χ4n) is 2.58. The number of nitrogens with one attached hydrogen (secondary N) is 2. The van der Waals surface area contributed by atoms with Gasteiger partial charge in [-0.2, -0.15) is 0 Å². The normalized spacial score (nSPS) is 17.8. The number of carbonyl (C=O) groups is 1. The Kier molecular flexibility index (Phi) is 4.77. The zero-order chi connectivity index (χ0) is 18.9. The highest BCUT2D eigenvalue weighted by Gasteiger charge is 2.52. The van der Waals surface area contributed by atoms with Gasteiger partial charge in [-0.15, -0.1) is 0 Å². The van der Waals surface area contributed by atoms with Gasteiger partial charge in [0.2, 0.25) is 0 Å². The molecule has 1 fully saturated rings. The topological polar surface area (TPSA) is 59.6 Å². The third kappa shape index (κ3) is 3.74. The monoisotopic (exact) mass is 356 g/mol. The Morgan fingerprint density at radius 3 is 2.08 bits per heavy atom. The van der Waals surface area contributed by atoms with Crippen LogP contribution in [-0.4, -0.2) is 24.4 Å². The minimum atomic E-state index is -0.785. The van der Waals surface area contributed by atoms with E-state index in [9.17, 15) is 9.18 Å². The lowest BCUT2D eigenvalue weighted by atomic mass is 9.78. The van der Waals surface area contributed by atoms with E-state index >= 15 is 0 Å².